The van der Waals surface area contributed by atoms with Crippen molar-refractivity contribution in [1.29, 1.82) is 0 Å². The molecule has 0 unspecified atom stereocenters. The lowest BCUT2D eigenvalue weighted by atomic mass is 10.1. The van der Waals surface area contributed by atoms with E-state index in [2.05, 4.69) is 0 Å². The van der Waals surface area contributed by atoms with Crippen LogP contribution in [0.2, 0.25) is 5.02 Å². The van der Waals surface area contributed by atoms with Crippen molar-refractivity contribution in [3.8, 4) is 0 Å². The van der Waals surface area contributed by atoms with Crippen molar-refractivity contribution in [3.05, 3.63) is 34.3 Å². The molecule has 1 saturated carbocycles. The van der Waals surface area contributed by atoms with Gasteiger partial charge in [0.2, 0.25) is 0 Å². The van der Waals surface area contributed by atoms with Gasteiger partial charge in [-0.1, -0.05) is 36.7 Å². The highest BCUT2D eigenvalue weighted by Crippen LogP contribution is 2.25. The lowest BCUT2D eigenvalue weighted by Gasteiger charge is -2.28. The van der Waals surface area contributed by atoms with E-state index in [0.29, 0.717) is 22.1 Å². The van der Waals surface area contributed by atoms with Gasteiger partial charge < -0.3 is 10.6 Å². The quantitative estimate of drug-likeness (QED) is 0.868. The van der Waals surface area contributed by atoms with Crippen LogP contribution in [-0.4, -0.2) is 28.4 Å². The second kappa shape index (κ2) is 6.55. The normalized spacial score (nSPS) is 15.3. The first kappa shape index (κ1) is 15.3. The molecule has 1 aliphatic carbocycles. The number of aryl methyl sites for hydroxylation is 1. The average Bonchev–Trinajstić information content (AvgIpc) is 2.92. The Hall–Kier alpha value is -1.13. The van der Waals surface area contributed by atoms with Gasteiger partial charge >= 0.3 is 0 Å². The summed E-state index contributed by atoms with van der Waals surface area (Å²) in [4.78, 5) is 14.9. The molecule has 1 aliphatic rings. The van der Waals surface area contributed by atoms with Gasteiger partial charge in [-0.05, 0) is 43.5 Å². The molecule has 0 aliphatic heterocycles. The number of nitrogens with two attached hydrogens (primary N) is 1. The summed E-state index contributed by atoms with van der Waals surface area (Å²) in [5.41, 5.74) is 7.20. The second-order valence-electron chi connectivity index (χ2n) is 5.30. The van der Waals surface area contributed by atoms with Crippen LogP contribution in [0, 0.1) is 6.92 Å². The Morgan fingerprint density at radius 2 is 2.10 bits per heavy atom. The smallest absolute Gasteiger partial charge is 0.254 e. The van der Waals surface area contributed by atoms with Gasteiger partial charge in [0.15, 0.2) is 0 Å². The molecular formula is C15H19ClN2OS. The molecule has 2 N–H and O–H groups in total. The van der Waals surface area contributed by atoms with Crippen molar-refractivity contribution in [1.82, 2.24) is 4.90 Å². The number of halogens is 1. The summed E-state index contributed by atoms with van der Waals surface area (Å²) in [5.74, 6) is -0.00975. The molecule has 1 amide bonds. The second-order valence-corrected chi connectivity index (χ2v) is 6.23. The van der Waals surface area contributed by atoms with Crippen LogP contribution in [0.25, 0.3) is 0 Å². The summed E-state index contributed by atoms with van der Waals surface area (Å²) >= 11 is 11.0. The number of amides is 1. The predicted octanol–water partition coefficient (Wildman–Crippen LogP) is 3.32. The molecule has 0 aromatic heterocycles. The Kier molecular flexibility index (Phi) is 5.00. The van der Waals surface area contributed by atoms with Crippen molar-refractivity contribution in [2.24, 2.45) is 5.73 Å². The van der Waals surface area contributed by atoms with Crippen LogP contribution < -0.4 is 5.73 Å². The van der Waals surface area contributed by atoms with Gasteiger partial charge in [-0.25, -0.2) is 0 Å². The first-order chi connectivity index (χ1) is 9.49. The number of carbonyl (C=O) groups excluding carboxylic acids is 1. The minimum absolute atomic E-state index is 0.00975. The summed E-state index contributed by atoms with van der Waals surface area (Å²) in [6.07, 6.45) is 4.37. The first-order valence-corrected chi connectivity index (χ1v) is 7.63. The van der Waals surface area contributed by atoms with Crippen molar-refractivity contribution >= 4 is 34.7 Å². The predicted molar refractivity (Wildman–Crippen MR) is 86.3 cm³/mol. The van der Waals surface area contributed by atoms with E-state index in [0.717, 1.165) is 31.2 Å². The third-order valence-corrected chi connectivity index (χ3v) is 4.31. The lowest BCUT2D eigenvalue weighted by molar-refractivity contribution is 0.0714. The highest BCUT2D eigenvalue weighted by Gasteiger charge is 2.27. The van der Waals surface area contributed by atoms with E-state index in [4.69, 9.17) is 29.6 Å². The monoisotopic (exact) mass is 310 g/mol. The fourth-order valence-corrected chi connectivity index (χ4v) is 2.95. The van der Waals surface area contributed by atoms with Crippen LogP contribution in [0.1, 0.15) is 41.6 Å². The molecule has 3 nitrogen and oxygen atoms in total. The minimum atomic E-state index is -0.00975. The summed E-state index contributed by atoms with van der Waals surface area (Å²) in [7, 11) is 0. The molecular weight excluding hydrogens is 292 g/mol. The molecule has 0 heterocycles. The first-order valence-electron chi connectivity index (χ1n) is 6.84. The largest absolute Gasteiger partial charge is 0.392 e. The van der Waals surface area contributed by atoms with Crippen molar-refractivity contribution in [3.63, 3.8) is 0 Å². The van der Waals surface area contributed by atoms with Crippen LogP contribution in [0.3, 0.4) is 0 Å². The van der Waals surface area contributed by atoms with Crippen molar-refractivity contribution < 1.29 is 4.79 Å². The van der Waals surface area contributed by atoms with Gasteiger partial charge in [-0.2, -0.15) is 0 Å². The molecule has 2 rings (SSSR count). The topological polar surface area (TPSA) is 46.3 Å². The molecule has 1 aromatic rings. The Bertz CT molecular complexity index is 527. The van der Waals surface area contributed by atoms with Crippen molar-refractivity contribution in [2.75, 3.05) is 6.54 Å². The number of carbonyl (C=O) groups is 1. The number of nitrogens with zero attached hydrogens (tertiary/aromatic N) is 1. The van der Waals surface area contributed by atoms with Gasteiger partial charge in [0.05, 0.1) is 11.5 Å². The Labute approximate surface area is 130 Å². The van der Waals surface area contributed by atoms with Gasteiger partial charge in [-0.3, -0.25) is 4.79 Å². The van der Waals surface area contributed by atoms with Crippen molar-refractivity contribution in [2.45, 2.75) is 38.6 Å². The number of thiocarbonyl (C=S) groups is 1. The summed E-state index contributed by atoms with van der Waals surface area (Å²) in [5, 5.41) is 0.670. The molecule has 0 radical (unpaired) electrons. The number of rotatable bonds is 4. The van der Waals surface area contributed by atoms with Crippen LogP contribution in [0.4, 0.5) is 0 Å². The minimum Gasteiger partial charge on any atom is -0.392 e. The highest BCUT2D eigenvalue weighted by molar-refractivity contribution is 7.80. The fourth-order valence-electron chi connectivity index (χ4n) is 2.69. The zero-order valence-electron chi connectivity index (χ0n) is 11.6. The SMILES string of the molecule is Cc1cc(C(=O)N(CC(N)=S)C2CCCC2)ccc1Cl. The standard InChI is InChI=1S/C15H19ClN2OS/c1-10-8-11(6-7-13(10)16)15(19)18(9-14(17)20)12-4-2-3-5-12/h6-8,12H,2-5,9H2,1H3,(H2,17,20). The number of hydrogen-bond acceptors (Lipinski definition) is 2. The van der Waals surface area contributed by atoms with Crippen LogP contribution >= 0.6 is 23.8 Å². The van der Waals surface area contributed by atoms with Crippen LogP contribution in [0.15, 0.2) is 18.2 Å². The maximum absolute atomic E-state index is 12.7. The zero-order chi connectivity index (χ0) is 14.7. The van der Waals surface area contributed by atoms with E-state index in [1.165, 1.54) is 0 Å². The summed E-state index contributed by atoms with van der Waals surface area (Å²) in [6, 6.07) is 5.60. The summed E-state index contributed by atoms with van der Waals surface area (Å²) in [6.45, 7) is 2.24. The molecule has 0 spiro atoms. The number of hydrogen-bond donors (Lipinski definition) is 1. The van der Waals surface area contributed by atoms with E-state index < -0.39 is 0 Å². The van der Waals surface area contributed by atoms with E-state index >= 15 is 0 Å². The number of benzene rings is 1. The Balaban J connectivity index is 2.24. The van der Waals surface area contributed by atoms with E-state index in [1.807, 2.05) is 17.9 Å². The van der Waals surface area contributed by atoms with Gasteiger partial charge in [-0.15, -0.1) is 0 Å². The van der Waals surface area contributed by atoms with Gasteiger partial charge in [0.1, 0.15) is 0 Å². The molecule has 20 heavy (non-hydrogen) atoms. The summed E-state index contributed by atoms with van der Waals surface area (Å²) < 4.78 is 0. The van der Waals surface area contributed by atoms with E-state index in [9.17, 15) is 4.79 Å². The third kappa shape index (κ3) is 3.49. The lowest BCUT2D eigenvalue weighted by Crippen LogP contribution is -2.43. The molecule has 108 valence electrons. The molecule has 5 heteroatoms. The zero-order valence-corrected chi connectivity index (χ0v) is 13.1. The van der Waals surface area contributed by atoms with E-state index in [1.54, 1.807) is 12.1 Å². The maximum Gasteiger partial charge on any atom is 0.254 e. The fraction of sp³-hybridized carbons (Fsp3) is 0.467. The van der Waals surface area contributed by atoms with Crippen LogP contribution in [-0.2, 0) is 0 Å². The molecule has 1 aromatic carbocycles. The average molecular weight is 311 g/mol. The van der Waals surface area contributed by atoms with E-state index in [-0.39, 0.29) is 11.9 Å². The highest BCUT2D eigenvalue weighted by atomic mass is 35.5. The van der Waals surface area contributed by atoms with Gasteiger partial charge in [0, 0.05) is 16.6 Å². The Morgan fingerprint density at radius 1 is 1.45 bits per heavy atom. The van der Waals surface area contributed by atoms with Gasteiger partial charge in [0.25, 0.3) is 5.91 Å². The molecule has 1 fully saturated rings. The third-order valence-electron chi connectivity index (χ3n) is 3.76. The molecule has 0 bridgehead atoms. The van der Waals surface area contributed by atoms with Crippen LogP contribution in [0.5, 0.6) is 0 Å². The molecule has 0 saturated heterocycles. The maximum atomic E-state index is 12.7. The Morgan fingerprint density at radius 3 is 2.65 bits per heavy atom. The molecule has 0 atom stereocenters.